The van der Waals surface area contributed by atoms with E-state index < -0.39 is 22.5 Å². The number of hydrogen-bond acceptors (Lipinski definition) is 4. The molecule has 0 aromatic heterocycles. The number of ether oxygens (including phenoxy) is 2. The third kappa shape index (κ3) is 4.91. The molecule has 1 aliphatic heterocycles. The molecule has 1 saturated heterocycles. The molecular weight excluding hydrogens is 360 g/mol. The number of epoxide rings is 1. The van der Waals surface area contributed by atoms with Crippen LogP contribution < -0.4 is 9.16 Å². The highest BCUT2D eigenvalue weighted by Gasteiger charge is 2.51. The zero-order chi connectivity index (χ0) is 19.9. The van der Waals surface area contributed by atoms with Gasteiger partial charge in [0, 0.05) is 6.42 Å². The Bertz CT molecular complexity index is 632. The Balaban J connectivity index is 2.09. The van der Waals surface area contributed by atoms with Crippen molar-refractivity contribution in [1.82, 2.24) is 0 Å². The molecule has 26 heavy (non-hydrogen) atoms. The van der Waals surface area contributed by atoms with Crippen molar-refractivity contribution >= 4 is 16.4 Å². The number of aliphatic hydroxyl groups excluding tert-OH is 1. The molecule has 2 rings (SSSR count). The first-order valence-electron chi connectivity index (χ1n) is 9.46. The molecule has 0 spiro atoms. The number of aliphatic hydroxyl groups is 1. The van der Waals surface area contributed by atoms with Gasteiger partial charge in [0.1, 0.15) is 11.9 Å². The van der Waals surface area contributed by atoms with Crippen molar-refractivity contribution in [2.75, 3.05) is 7.11 Å². The summed E-state index contributed by atoms with van der Waals surface area (Å²) in [5, 5.41) is 10.7. The van der Waals surface area contributed by atoms with E-state index in [2.05, 4.69) is 53.5 Å². The molecule has 148 valence electrons. The van der Waals surface area contributed by atoms with Gasteiger partial charge in [0.25, 0.3) is 8.32 Å². The molecule has 0 amide bonds. The van der Waals surface area contributed by atoms with Crippen molar-refractivity contribution in [3.05, 3.63) is 23.8 Å². The SMILES string of the molecule is COc1cc(C[C@@H](O)[C@H]2O[C@H]2[Si](C)(C)C)ccc1O[Si](C)(C)C(C)(C)C. The maximum Gasteiger partial charge on any atom is 0.250 e. The molecule has 6 heteroatoms. The van der Waals surface area contributed by atoms with Gasteiger partial charge in [0.15, 0.2) is 5.75 Å². The van der Waals surface area contributed by atoms with Crippen LogP contribution in [0.25, 0.3) is 0 Å². The lowest BCUT2D eigenvalue weighted by Crippen LogP contribution is -2.43. The van der Waals surface area contributed by atoms with Crippen molar-refractivity contribution in [2.45, 2.75) is 82.9 Å². The molecule has 1 heterocycles. The third-order valence-electron chi connectivity index (χ3n) is 5.60. The molecule has 1 aromatic rings. The van der Waals surface area contributed by atoms with E-state index in [-0.39, 0.29) is 16.9 Å². The Morgan fingerprint density at radius 2 is 1.73 bits per heavy atom. The monoisotopic (exact) mass is 396 g/mol. The Kier molecular flexibility index (Phi) is 6.03. The van der Waals surface area contributed by atoms with Crippen LogP contribution in [0.5, 0.6) is 11.5 Å². The fourth-order valence-corrected chi connectivity index (χ4v) is 5.62. The lowest BCUT2D eigenvalue weighted by molar-refractivity contribution is 0.135. The van der Waals surface area contributed by atoms with Crippen LogP contribution in [0.2, 0.25) is 37.8 Å². The topological polar surface area (TPSA) is 51.2 Å². The van der Waals surface area contributed by atoms with Crippen molar-refractivity contribution in [1.29, 1.82) is 0 Å². The first kappa shape index (κ1) is 21.5. The molecule has 0 unspecified atom stereocenters. The molecule has 1 aromatic carbocycles. The van der Waals surface area contributed by atoms with Crippen LogP contribution in [-0.2, 0) is 11.2 Å². The predicted octanol–water partition coefficient (Wildman–Crippen LogP) is 4.63. The minimum absolute atomic E-state index is 0.0178. The zero-order valence-corrected chi connectivity index (χ0v) is 19.8. The maximum atomic E-state index is 10.5. The Morgan fingerprint density at radius 1 is 1.12 bits per heavy atom. The molecule has 3 atom stereocenters. The molecule has 0 radical (unpaired) electrons. The quantitative estimate of drug-likeness (QED) is 0.539. The molecule has 0 aliphatic carbocycles. The second-order valence-electron chi connectivity index (χ2n) is 10.0. The van der Waals surface area contributed by atoms with E-state index in [1.165, 1.54) is 0 Å². The summed E-state index contributed by atoms with van der Waals surface area (Å²) in [6.45, 7) is 18.0. The average Bonchev–Trinajstić information content (AvgIpc) is 3.27. The van der Waals surface area contributed by atoms with Crippen LogP contribution in [0.1, 0.15) is 26.3 Å². The molecule has 4 nitrogen and oxygen atoms in total. The van der Waals surface area contributed by atoms with Gasteiger partial charge in [-0.1, -0.05) is 46.5 Å². The van der Waals surface area contributed by atoms with Crippen molar-refractivity contribution in [3.8, 4) is 11.5 Å². The second-order valence-corrected chi connectivity index (χ2v) is 20.0. The summed E-state index contributed by atoms with van der Waals surface area (Å²) >= 11 is 0. The molecular formula is C20H36O4Si2. The van der Waals surface area contributed by atoms with E-state index in [9.17, 15) is 5.11 Å². The van der Waals surface area contributed by atoms with Gasteiger partial charge in [-0.25, -0.2) is 0 Å². The van der Waals surface area contributed by atoms with E-state index in [1.807, 2.05) is 18.2 Å². The summed E-state index contributed by atoms with van der Waals surface area (Å²) in [5.41, 5.74) is 1.31. The number of rotatable bonds is 7. The van der Waals surface area contributed by atoms with Crippen LogP contribution in [0.15, 0.2) is 18.2 Å². The summed E-state index contributed by atoms with van der Waals surface area (Å²) in [4.78, 5) is 0. The Morgan fingerprint density at radius 3 is 2.19 bits per heavy atom. The van der Waals surface area contributed by atoms with Crippen LogP contribution in [0.4, 0.5) is 0 Å². The maximum absolute atomic E-state index is 10.5. The zero-order valence-electron chi connectivity index (χ0n) is 17.8. The van der Waals surface area contributed by atoms with Crippen LogP contribution >= 0.6 is 0 Å². The standard InChI is InChI=1S/C20H36O4Si2/c1-20(2,3)26(8,9)24-16-11-10-14(13-17(16)22-4)12-15(21)18-19(23-18)25(5,6)7/h10-11,13,15,18-19,21H,12H2,1-9H3/t15-,18-,19+/m1/s1. The first-order valence-corrected chi connectivity index (χ1v) is 15.9. The molecule has 0 bridgehead atoms. The van der Waals surface area contributed by atoms with Gasteiger partial charge in [-0.2, -0.15) is 0 Å². The Hall–Kier alpha value is -0.826. The highest BCUT2D eigenvalue weighted by atomic mass is 28.4. The highest BCUT2D eigenvalue weighted by Crippen LogP contribution is 2.40. The number of benzene rings is 1. The third-order valence-corrected chi connectivity index (χ3v) is 12.1. The smallest absolute Gasteiger partial charge is 0.250 e. The van der Waals surface area contributed by atoms with E-state index in [0.29, 0.717) is 6.42 Å². The lowest BCUT2D eigenvalue weighted by Gasteiger charge is -2.36. The summed E-state index contributed by atoms with van der Waals surface area (Å²) in [7, 11) is -1.62. The number of methoxy groups -OCH3 is 1. The van der Waals surface area contributed by atoms with E-state index >= 15 is 0 Å². The summed E-state index contributed by atoms with van der Waals surface area (Å²) < 4.78 is 17.7. The van der Waals surface area contributed by atoms with Crippen LogP contribution in [0.3, 0.4) is 0 Å². The predicted molar refractivity (Wildman–Crippen MR) is 113 cm³/mol. The average molecular weight is 397 g/mol. The van der Waals surface area contributed by atoms with Crippen LogP contribution in [-0.4, -0.2) is 46.5 Å². The molecule has 1 aliphatic rings. The largest absolute Gasteiger partial charge is 0.541 e. The Labute approximate surface area is 161 Å². The summed E-state index contributed by atoms with van der Waals surface area (Å²) in [6.07, 6.45) is 0.0851. The second kappa shape index (κ2) is 7.30. The fraction of sp³-hybridized carbons (Fsp3) is 0.700. The summed E-state index contributed by atoms with van der Waals surface area (Å²) in [5.74, 6) is 1.53. The molecule has 0 saturated carbocycles. The molecule has 1 fully saturated rings. The number of hydrogen-bond donors (Lipinski definition) is 1. The van der Waals surface area contributed by atoms with Gasteiger partial charge >= 0.3 is 0 Å². The van der Waals surface area contributed by atoms with Crippen molar-refractivity contribution < 1.29 is 19.0 Å². The van der Waals surface area contributed by atoms with Gasteiger partial charge in [-0.15, -0.1) is 0 Å². The van der Waals surface area contributed by atoms with Gasteiger partial charge in [0.05, 0.1) is 27.0 Å². The first-order chi connectivity index (χ1) is 11.8. The molecule has 1 N–H and O–H groups in total. The van der Waals surface area contributed by atoms with Crippen molar-refractivity contribution in [3.63, 3.8) is 0 Å². The van der Waals surface area contributed by atoms with Gasteiger partial charge in [0.2, 0.25) is 0 Å². The van der Waals surface area contributed by atoms with E-state index in [4.69, 9.17) is 13.9 Å². The van der Waals surface area contributed by atoms with Gasteiger partial charge in [-0.05, 0) is 35.8 Å². The van der Waals surface area contributed by atoms with Gasteiger partial charge < -0.3 is 19.0 Å². The minimum atomic E-state index is -1.93. The van der Waals surface area contributed by atoms with E-state index in [0.717, 1.165) is 17.1 Å². The van der Waals surface area contributed by atoms with E-state index in [1.54, 1.807) is 7.11 Å². The minimum Gasteiger partial charge on any atom is -0.541 e. The van der Waals surface area contributed by atoms with Gasteiger partial charge in [-0.3, -0.25) is 0 Å². The lowest BCUT2D eigenvalue weighted by atomic mass is 10.1. The summed E-state index contributed by atoms with van der Waals surface area (Å²) in [6, 6.07) is 5.99. The van der Waals surface area contributed by atoms with Crippen LogP contribution in [0, 0.1) is 0 Å². The fourth-order valence-electron chi connectivity index (χ4n) is 2.82. The normalized spacial score (nSPS) is 22.1. The highest BCUT2D eigenvalue weighted by molar-refractivity contribution is 6.78. The van der Waals surface area contributed by atoms with Crippen molar-refractivity contribution in [2.24, 2.45) is 0 Å².